The summed E-state index contributed by atoms with van der Waals surface area (Å²) in [4.78, 5) is 12.3. The summed E-state index contributed by atoms with van der Waals surface area (Å²) in [6.45, 7) is 1.46. The molecule has 0 atom stereocenters. The van der Waals surface area contributed by atoms with Crippen LogP contribution in [0.4, 0.5) is 10.1 Å². The van der Waals surface area contributed by atoms with E-state index in [1.165, 1.54) is 37.3 Å². The average molecular weight is 487 g/mol. The van der Waals surface area contributed by atoms with Crippen molar-refractivity contribution in [3.05, 3.63) is 88.7 Å². The molecule has 0 aliphatic carbocycles. The van der Waals surface area contributed by atoms with E-state index >= 15 is 0 Å². The third-order valence-corrected chi connectivity index (χ3v) is 6.15. The monoisotopic (exact) mass is 486 g/mol. The number of carbonyl (C=O) groups excluding carboxylic acids is 1. The minimum Gasteiger partial charge on any atom is -0.384 e. The zero-order valence-electron chi connectivity index (χ0n) is 17.4. The number of hydrogen-bond acceptors (Lipinski definition) is 4. The summed E-state index contributed by atoms with van der Waals surface area (Å²) in [5.74, 6) is -2.09. The molecule has 0 saturated heterocycles. The molecule has 33 heavy (non-hydrogen) atoms. The third-order valence-electron chi connectivity index (χ3n) is 4.87. The van der Waals surface area contributed by atoms with Gasteiger partial charge in [0, 0.05) is 22.4 Å². The fraction of sp³-hybridized carbons (Fsp3) is 0.0435. The van der Waals surface area contributed by atoms with Crippen LogP contribution in [0.2, 0.25) is 5.02 Å². The number of carbonyl (C=O) groups is 1. The second-order valence-electron chi connectivity index (χ2n) is 7.12. The van der Waals surface area contributed by atoms with Crippen LogP contribution in [-0.4, -0.2) is 20.2 Å². The molecule has 7 nitrogen and oxygen atoms in total. The van der Waals surface area contributed by atoms with Crippen LogP contribution in [0.15, 0.2) is 77.5 Å². The Morgan fingerprint density at radius 3 is 2.18 bits per heavy atom. The number of allylic oxidation sites excluding steroid dienone is 1. The van der Waals surface area contributed by atoms with Crippen molar-refractivity contribution in [1.29, 1.82) is 5.41 Å². The summed E-state index contributed by atoms with van der Waals surface area (Å²) >= 11 is 6.33. The molecule has 3 aromatic carbocycles. The lowest BCUT2D eigenvalue weighted by atomic mass is 10.0. The van der Waals surface area contributed by atoms with Gasteiger partial charge in [-0.25, -0.2) is 17.9 Å². The SMILES string of the molecule is C/C(=C(\F)C(=O)Nc1ccc(-c2ccccc2S(N)(=O)=O)c(Cl)c1)c1ccc(C(=N)N)cc1. The van der Waals surface area contributed by atoms with Crippen LogP contribution in [0.25, 0.3) is 16.7 Å². The molecule has 0 aromatic heterocycles. The van der Waals surface area contributed by atoms with Gasteiger partial charge in [-0.2, -0.15) is 0 Å². The summed E-state index contributed by atoms with van der Waals surface area (Å²) in [5.41, 5.74) is 7.36. The fourth-order valence-electron chi connectivity index (χ4n) is 3.13. The number of hydrogen-bond donors (Lipinski definition) is 4. The highest BCUT2D eigenvalue weighted by atomic mass is 35.5. The molecule has 6 N–H and O–H groups in total. The van der Waals surface area contributed by atoms with Gasteiger partial charge in [0.05, 0.1) is 9.92 Å². The number of halogens is 2. The van der Waals surface area contributed by atoms with Crippen LogP contribution in [-0.2, 0) is 14.8 Å². The van der Waals surface area contributed by atoms with Gasteiger partial charge in [-0.15, -0.1) is 0 Å². The molecule has 0 aliphatic heterocycles. The first kappa shape index (κ1) is 24.1. The smallest absolute Gasteiger partial charge is 0.284 e. The summed E-state index contributed by atoms with van der Waals surface area (Å²) < 4.78 is 38.5. The Labute approximate surface area is 195 Å². The van der Waals surface area contributed by atoms with Crippen molar-refractivity contribution in [3.63, 3.8) is 0 Å². The predicted octanol–water partition coefficient (Wildman–Crippen LogP) is 4.28. The first-order valence-electron chi connectivity index (χ1n) is 9.53. The van der Waals surface area contributed by atoms with Gasteiger partial charge in [0.25, 0.3) is 5.91 Å². The van der Waals surface area contributed by atoms with Gasteiger partial charge in [0.2, 0.25) is 10.0 Å². The van der Waals surface area contributed by atoms with E-state index < -0.39 is 21.8 Å². The van der Waals surface area contributed by atoms with E-state index in [4.69, 9.17) is 27.9 Å². The normalized spacial score (nSPS) is 12.1. The number of amides is 1. The molecule has 0 spiro atoms. The Morgan fingerprint density at radius 2 is 1.61 bits per heavy atom. The molecule has 3 aromatic rings. The number of nitrogens with one attached hydrogen (secondary N) is 2. The number of amidine groups is 1. The van der Waals surface area contributed by atoms with Gasteiger partial charge in [-0.05, 0) is 36.3 Å². The van der Waals surface area contributed by atoms with Crippen LogP contribution in [0, 0.1) is 5.41 Å². The van der Waals surface area contributed by atoms with Gasteiger partial charge >= 0.3 is 0 Å². The van der Waals surface area contributed by atoms with Crippen molar-refractivity contribution in [2.24, 2.45) is 10.9 Å². The Kier molecular flexibility index (Phi) is 6.97. The van der Waals surface area contributed by atoms with E-state index in [0.717, 1.165) is 0 Å². The summed E-state index contributed by atoms with van der Waals surface area (Å²) in [7, 11) is -3.98. The Balaban J connectivity index is 1.86. The second-order valence-corrected chi connectivity index (χ2v) is 9.06. The van der Waals surface area contributed by atoms with Crippen LogP contribution in [0.5, 0.6) is 0 Å². The van der Waals surface area contributed by atoms with Crippen molar-refractivity contribution in [2.45, 2.75) is 11.8 Å². The molecule has 0 saturated carbocycles. The molecule has 3 rings (SSSR count). The van der Waals surface area contributed by atoms with Gasteiger partial charge in [0.15, 0.2) is 5.83 Å². The maximum absolute atomic E-state index is 14.7. The average Bonchev–Trinajstić information content (AvgIpc) is 2.77. The fourth-order valence-corrected chi connectivity index (χ4v) is 4.17. The van der Waals surface area contributed by atoms with E-state index in [-0.39, 0.29) is 27.0 Å². The Morgan fingerprint density at radius 1 is 1.00 bits per heavy atom. The van der Waals surface area contributed by atoms with E-state index in [0.29, 0.717) is 22.3 Å². The number of rotatable bonds is 6. The van der Waals surface area contributed by atoms with E-state index in [9.17, 15) is 17.6 Å². The lowest BCUT2D eigenvalue weighted by molar-refractivity contribution is -0.114. The summed E-state index contributed by atoms with van der Waals surface area (Å²) in [6.07, 6.45) is 0. The van der Waals surface area contributed by atoms with Crippen LogP contribution in [0.1, 0.15) is 18.1 Å². The van der Waals surface area contributed by atoms with E-state index in [2.05, 4.69) is 5.32 Å². The summed E-state index contributed by atoms with van der Waals surface area (Å²) in [5, 5.41) is 15.3. The van der Waals surface area contributed by atoms with Crippen LogP contribution in [0.3, 0.4) is 0 Å². The highest BCUT2D eigenvalue weighted by Crippen LogP contribution is 2.34. The van der Waals surface area contributed by atoms with Gasteiger partial charge in [0.1, 0.15) is 5.84 Å². The predicted molar refractivity (Wildman–Crippen MR) is 128 cm³/mol. The third kappa shape index (κ3) is 5.46. The first-order valence-corrected chi connectivity index (χ1v) is 11.5. The molecule has 0 heterocycles. The second kappa shape index (κ2) is 9.53. The molecular formula is C23H20ClFN4O3S. The van der Waals surface area contributed by atoms with Crippen molar-refractivity contribution < 1.29 is 17.6 Å². The zero-order valence-corrected chi connectivity index (χ0v) is 19.0. The standard InChI is InChI=1S/C23H20ClFN4O3S/c1-13(14-6-8-15(9-7-14)22(26)27)21(25)23(30)29-16-10-11-17(19(24)12-16)18-4-2-3-5-20(18)33(28,31)32/h2-12H,1H3,(H3,26,27)(H,29,30)(H2,28,31,32)/b21-13+. The summed E-state index contributed by atoms with van der Waals surface area (Å²) in [6, 6.07) is 16.7. The number of nitrogens with two attached hydrogens (primary N) is 2. The van der Waals surface area contributed by atoms with Gasteiger partial charge in [-0.1, -0.05) is 60.1 Å². The molecule has 0 radical (unpaired) electrons. The highest BCUT2D eigenvalue weighted by molar-refractivity contribution is 7.89. The lowest BCUT2D eigenvalue weighted by Crippen LogP contribution is -2.14. The molecule has 0 unspecified atom stereocenters. The molecule has 170 valence electrons. The van der Waals surface area contributed by atoms with Gasteiger partial charge < -0.3 is 11.1 Å². The molecule has 0 bridgehead atoms. The molecule has 0 aliphatic rings. The highest BCUT2D eigenvalue weighted by Gasteiger charge is 2.18. The topological polar surface area (TPSA) is 139 Å². The van der Waals surface area contributed by atoms with Crippen LogP contribution >= 0.6 is 11.6 Å². The Bertz CT molecular complexity index is 1390. The van der Waals surface area contributed by atoms with Crippen molar-refractivity contribution in [1.82, 2.24) is 0 Å². The maximum Gasteiger partial charge on any atom is 0.284 e. The molecule has 0 fully saturated rings. The van der Waals surface area contributed by atoms with Crippen LogP contribution < -0.4 is 16.2 Å². The van der Waals surface area contributed by atoms with Gasteiger partial charge in [-0.3, -0.25) is 10.2 Å². The zero-order chi connectivity index (χ0) is 24.3. The minimum absolute atomic E-state index is 0.0934. The number of nitrogen functional groups attached to an aromatic ring is 1. The quantitative estimate of drug-likeness (QED) is 0.234. The van der Waals surface area contributed by atoms with E-state index in [1.54, 1.807) is 36.4 Å². The van der Waals surface area contributed by atoms with Crippen molar-refractivity contribution >= 4 is 44.6 Å². The molecule has 10 heteroatoms. The Hall–Kier alpha value is -3.53. The number of sulfonamides is 1. The van der Waals surface area contributed by atoms with E-state index in [1.807, 2.05) is 0 Å². The van der Waals surface area contributed by atoms with Crippen molar-refractivity contribution in [3.8, 4) is 11.1 Å². The molecular weight excluding hydrogens is 467 g/mol. The molecule has 1 amide bonds. The minimum atomic E-state index is -3.98. The lowest BCUT2D eigenvalue weighted by Gasteiger charge is -2.12. The number of benzene rings is 3. The first-order chi connectivity index (χ1) is 15.5. The maximum atomic E-state index is 14.7. The van der Waals surface area contributed by atoms with Crippen molar-refractivity contribution in [2.75, 3.05) is 5.32 Å². The largest absolute Gasteiger partial charge is 0.384 e. The number of primary sulfonamides is 1. The number of anilines is 1.